The largest absolute Gasteiger partial charge is 0.608 e. The maximum Gasteiger partial charge on any atom is 0.415 e. The van der Waals surface area contributed by atoms with Crippen molar-refractivity contribution in [3.05, 3.63) is 23.4 Å². The van der Waals surface area contributed by atoms with Crippen LogP contribution < -0.4 is 0 Å². The van der Waals surface area contributed by atoms with E-state index >= 15 is 0 Å². The first kappa shape index (κ1) is 18.6. The summed E-state index contributed by atoms with van der Waals surface area (Å²) < 4.78 is 53.8. The number of aromatic nitrogens is 1. The molecule has 0 radical (unpaired) electrons. The Balaban J connectivity index is 2.68. The molecule has 0 N–H and O–H groups in total. The first-order valence-corrected chi connectivity index (χ1v) is 7.78. The molecule has 1 aromatic heterocycles. The standard InChI is InChI=1S/C13H17F3N2O3S/c1-8(7-17-20-3)6-11-9(2)18-13(21-11)22(19)5-4-10(14)12(15)16/h7-8H,4-6H2,1-3H3/b17-7+. The highest BCUT2D eigenvalue weighted by atomic mass is 32.2. The molecule has 0 bridgehead atoms. The highest BCUT2D eigenvalue weighted by Gasteiger charge is 2.23. The minimum Gasteiger partial charge on any atom is -0.608 e. The molecule has 0 aliphatic carbocycles. The van der Waals surface area contributed by atoms with E-state index in [1.54, 1.807) is 13.1 Å². The first-order chi connectivity index (χ1) is 10.3. The Morgan fingerprint density at radius 2 is 2.18 bits per heavy atom. The number of hydrogen-bond acceptors (Lipinski definition) is 5. The van der Waals surface area contributed by atoms with E-state index in [-0.39, 0.29) is 16.9 Å². The van der Waals surface area contributed by atoms with Gasteiger partial charge in [-0.25, -0.2) is 4.39 Å². The minimum atomic E-state index is -2.40. The highest BCUT2D eigenvalue weighted by Crippen LogP contribution is 2.21. The summed E-state index contributed by atoms with van der Waals surface area (Å²) in [4.78, 5) is 8.57. The molecule has 1 heterocycles. The van der Waals surface area contributed by atoms with Crippen molar-refractivity contribution in [1.29, 1.82) is 0 Å². The zero-order valence-electron chi connectivity index (χ0n) is 12.4. The molecule has 0 fully saturated rings. The second-order valence-electron chi connectivity index (χ2n) is 4.57. The van der Waals surface area contributed by atoms with Gasteiger partial charge in [-0.2, -0.15) is 13.8 Å². The number of hydrogen-bond donors (Lipinski definition) is 0. The Morgan fingerprint density at radius 3 is 2.77 bits per heavy atom. The maximum absolute atomic E-state index is 12.7. The van der Waals surface area contributed by atoms with Gasteiger partial charge in [-0.05, 0) is 6.92 Å². The maximum atomic E-state index is 12.7. The molecule has 0 spiro atoms. The average molecular weight is 338 g/mol. The zero-order chi connectivity index (χ0) is 16.7. The van der Waals surface area contributed by atoms with Gasteiger partial charge in [-0.15, -0.1) is 0 Å². The normalized spacial score (nSPS) is 14.1. The lowest BCUT2D eigenvalue weighted by atomic mass is 10.1. The Hall–Kier alpha value is -1.48. The fraction of sp³-hybridized carbons (Fsp3) is 0.538. The summed E-state index contributed by atoms with van der Waals surface area (Å²) in [6.07, 6.45) is -0.964. The van der Waals surface area contributed by atoms with Crippen LogP contribution in [-0.4, -0.2) is 28.6 Å². The van der Waals surface area contributed by atoms with Gasteiger partial charge in [0.05, 0.1) is 12.1 Å². The number of halogens is 3. The molecule has 0 aromatic carbocycles. The van der Waals surface area contributed by atoms with Gasteiger partial charge in [0.2, 0.25) is 0 Å². The smallest absolute Gasteiger partial charge is 0.415 e. The van der Waals surface area contributed by atoms with Crippen LogP contribution in [0.4, 0.5) is 13.2 Å². The molecule has 0 aliphatic heterocycles. The van der Waals surface area contributed by atoms with Crippen LogP contribution in [0.1, 0.15) is 24.8 Å². The number of nitrogens with zero attached hydrogens (tertiary/aromatic N) is 2. The van der Waals surface area contributed by atoms with Gasteiger partial charge in [-0.3, -0.25) is 0 Å². The zero-order valence-corrected chi connectivity index (χ0v) is 13.3. The number of rotatable bonds is 8. The Kier molecular flexibility index (Phi) is 7.46. The van der Waals surface area contributed by atoms with Gasteiger partial charge in [0, 0.05) is 29.7 Å². The van der Waals surface area contributed by atoms with Crippen molar-refractivity contribution in [1.82, 2.24) is 4.98 Å². The summed E-state index contributed by atoms with van der Waals surface area (Å²) in [5.74, 6) is -1.36. The summed E-state index contributed by atoms with van der Waals surface area (Å²) in [5.41, 5.74) is 0.550. The monoisotopic (exact) mass is 338 g/mol. The minimum absolute atomic E-state index is 0.00824. The molecule has 124 valence electrons. The SMILES string of the molecule is CO/N=C/C(C)Cc1oc([S+]([O-])CCC(F)=C(F)F)nc1C. The number of oxime groups is 1. The molecule has 2 atom stereocenters. The molecule has 5 nitrogen and oxygen atoms in total. The van der Waals surface area contributed by atoms with Crippen LogP contribution in [0, 0.1) is 12.8 Å². The molecule has 1 aromatic rings. The molecular formula is C13H17F3N2O3S. The topological polar surface area (TPSA) is 70.7 Å². The van der Waals surface area contributed by atoms with E-state index in [0.29, 0.717) is 17.9 Å². The summed E-state index contributed by atoms with van der Waals surface area (Å²) >= 11 is -1.77. The Morgan fingerprint density at radius 1 is 1.50 bits per heavy atom. The van der Waals surface area contributed by atoms with Gasteiger partial charge >= 0.3 is 11.3 Å². The first-order valence-electron chi connectivity index (χ1n) is 6.46. The van der Waals surface area contributed by atoms with Gasteiger partial charge < -0.3 is 13.8 Å². The van der Waals surface area contributed by atoms with E-state index in [4.69, 9.17) is 4.42 Å². The molecule has 22 heavy (non-hydrogen) atoms. The molecule has 1 rings (SSSR count). The third kappa shape index (κ3) is 5.72. The predicted molar refractivity (Wildman–Crippen MR) is 75.9 cm³/mol. The predicted octanol–water partition coefficient (Wildman–Crippen LogP) is 3.37. The van der Waals surface area contributed by atoms with Gasteiger partial charge in [0.15, 0.2) is 5.83 Å². The lowest BCUT2D eigenvalue weighted by Crippen LogP contribution is -2.07. The van der Waals surface area contributed by atoms with E-state index < -0.39 is 29.5 Å². The van der Waals surface area contributed by atoms with Crippen molar-refractivity contribution in [3.63, 3.8) is 0 Å². The van der Waals surface area contributed by atoms with Gasteiger partial charge in [0.25, 0.3) is 0 Å². The van der Waals surface area contributed by atoms with E-state index in [1.807, 2.05) is 6.92 Å². The van der Waals surface area contributed by atoms with E-state index in [0.717, 1.165) is 0 Å². The third-order valence-corrected chi connectivity index (χ3v) is 3.85. The Bertz CT molecular complexity index is 545. The summed E-state index contributed by atoms with van der Waals surface area (Å²) in [6.45, 7) is 3.56. The van der Waals surface area contributed by atoms with Gasteiger partial charge in [0.1, 0.15) is 18.6 Å². The van der Waals surface area contributed by atoms with E-state index in [1.165, 1.54) is 7.11 Å². The molecular weight excluding hydrogens is 321 g/mol. The number of aryl methyl sites for hydroxylation is 1. The fourth-order valence-corrected chi connectivity index (χ4v) is 2.53. The van der Waals surface area contributed by atoms with Crippen LogP contribution in [0.2, 0.25) is 0 Å². The summed E-state index contributed by atoms with van der Waals surface area (Å²) in [6, 6.07) is 0. The molecule has 0 aliphatic rings. The van der Waals surface area contributed by atoms with Crippen LogP contribution in [0.15, 0.2) is 26.7 Å². The Labute approximate surface area is 129 Å². The molecule has 2 unspecified atom stereocenters. The lowest BCUT2D eigenvalue weighted by Gasteiger charge is -2.04. The van der Waals surface area contributed by atoms with Crippen molar-refractivity contribution in [2.45, 2.75) is 31.9 Å². The summed E-state index contributed by atoms with van der Waals surface area (Å²) in [5, 5.41) is 3.55. The second kappa shape index (κ2) is 8.84. The second-order valence-corrected chi connectivity index (χ2v) is 6.02. The van der Waals surface area contributed by atoms with Crippen molar-refractivity contribution >= 4 is 17.4 Å². The van der Waals surface area contributed by atoms with Crippen molar-refractivity contribution in [2.75, 3.05) is 12.9 Å². The van der Waals surface area contributed by atoms with E-state index in [9.17, 15) is 17.7 Å². The quantitative estimate of drug-likeness (QED) is 0.414. The highest BCUT2D eigenvalue weighted by molar-refractivity contribution is 7.91. The molecule has 0 saturated heterocycles. The molecule has 0 saturated carbocycles. The third-order valence-electron chi connectivity index (χ3n) is 2.71. The van der Waals surface area contributed by atoms with Crippen LogP contribution in [0.3, 0.4) is 0 Å². The van der Waals surface area contributed by atoms with Crippen molar-refractivity contribution < 1.29 is 27.0 Å². The van der Waals surface area contributed by atoms with E-state index in [2.05, 4.69) is 15.0 Å². The summed E-state index contributed by atoms with van der Waals surface area (Å²) in [7, 11) is 1.43. The average Bonchev–Trinajstić information content (AvgIpc) is 2.83. The van der Waals surface area contributed by atoms with Crippen molar-refractivity contribution in [3.8, 4) is 0 Å². The lowest BCUT2D eigenvalue weighted by molar-refractivity contribution is 0.213. The van der Waals surface area contributed by atoms with Crippen LogP contribution in [0.25, 0.3) is 0 Å². The van der Waals surface area contributed by atoms with Gasteiger partial charge in [-0.1, -0.05) is 12.1 Å². The fourth-order valence-electron chi connectivity index (χ4n) is 1.56. The number of allylic oxidation sites excluding steroid dienone is 1. The van der Waals surface area contributed by atoms with Crippen LogP contribution >= 0.6 is 0 Å². The molecule has 9 heteroatoms. The van der Waals surface area contributed by atoms with Crippen molar-refractivity contribution in [2.24, 2.45) is 11.1 Å². The molecule has 0 amide bonds. The van der Waals surface area contributed by atoms with Crippen LogP contribution in [0.5, 0.6) is 0 Å². The van der Waals surface area contributed by atoms with Crippen LogP contribution in [-0.2, 0) is 22.4 Å². The number of oxazole rings is 1.